The van der Waals surface area contributed by atoms with Crippen LogP contribution in [0.15, 0.2) is 36.4 Å². The van der Waals surface area contributed by atoms with E-state index in [0.29, 0.717) is 22.7 Å². The maximum Gasteiger partial charge on any atom is 0.275 e. The van der Waals surface area contributed by atoms with Gasteiger partial charge in [0.05, 0.1) is 27.9 Å². The predicted octanol–water partition coefficient (Wildman–Crippen LogP) is 4.61. The van der Waals surface area contributed by atoms with Gasteiger partial charge in [0.1, 0.15) is 11.5 Å². The zero-order valence-electron chi connectivity index (χ0n) is 16.9. The van der Waals surface area contributed by atoms with Crippen molar-refractivity contribution < 1.29 is 14.5 Å². The van der Waals surface area contributed by atoms with Crippen molar-refractivity contribution in [2.45, 2.75) is 27.7 Å². The smallest absolute Gasteiger partial charge is 0.275 e. The highest BCUT2D eigenvalue weighted by molar-refractivity contribution is 6.06. The lowest BCUT2D eigenvalue weighted by atomic mass is 10.1. The Morgan fingerprint density at radius 2 is 1.86 bits per heavy atom. The van der Waals surface area contributed by atoms with Crippen LogP contribution in [0.1, 0.15) is 32.9 Å². The third-order valence-electron chi connectivity index (χ3n) is 4.67. The molecule has 0 radical (unpaired) electrons. The van der Waals surface area contributed by atoms with Crippen molar-refractivity contribution in [1.29, 1.82) is 0 Å². The van der Waals surface area contributed by atoms with Gasteiger partial charge < -0.3 is 10.1 Å². The number of ether oxygens (including phenoxy) is 1. The van der Waals surface area contributed by atoms with Crippen LogP contribution < -0.4 is 10.1 Å². The van der Waals surface area contributed by atoms with Gasteiger partial charge in [0.25, 0.3) is 11.6 Å². The van der Waals surface area contributed by atoms with Crippen LogP contribution in [0.2, 0.25) is 0 Å². The Bertz CT molecular complexity index is 1120. The Morgan fingerprint density at radius 1 is 1.14 bits per heavy atom. The van der Waals surface area contributed by atoms with E-state index in [-0.39, 0.29) is 23.0 Å². The number of carbonyl (C=O) groups excluding carboxylic acids is 1. The van der Waals surface area contributed by atoms with Gasteiger partial charge in [-0.25, -0.2) is 0 Å². The molecule has 1 heterocycles. The van der Waals surface area contributed by atoms with Crippen LogP contribution in [0.4, 0.5) is 11.4 Å². The fourth-order valence-electron chi connectivity index (χ4n) is 3.06. The summed E-state index contributed by atoms with van der Waals surface area (Å²) in [6.45, 7) is 7.36. The number of benzene rings is 2. The number of hydrogen-bond acceptors (Lipinski definition) is 5. The molecule has 0 fully saturated rings. The summed E-state index contributed by atoms with van der Waals surface area (Å²) in [5.41, 5.74) is 3.73. The van der Waals surface area contributed by atoms with Gasteiger partial charge in [-0.1, -0.05) is 12.1 Å². The number of carbonyl (C=O) groups is 1. The van der Waals surface area contributed by atoms with Crippen LogP contribution >= 0.6 is 0 Å². The van der Waals surface area contributed by atoms with E-state index in [0.717, 1.165) is 11.1 Å². The van der Waals surface area contributed by atoms with Crippen molar-refractivity contribution in [3.8, 4) is 11.5 Å². The molecule has 1 amide bonds. The van der Waals surface area contributed by atoms with E-state index >= 15 is 0 Å². The minimum Gasteiger partial charge on any atom is -0.457 e. The number of amides is 1. The van der Waals surface area contributed by atoms with Crippen molar-refractivity contribution in [2.75, 3.05) is 5.32 Å². The van der Waals surface area contributed by atoms with Gasteiger partial charge in [-0.15, -0.1) is 0 Å². The second kappa shape index (κ2) is 7.75. The number of nitro benzene ring substituents is 1. The molecule has 3 rings (SSSR count). The predicted molar refractivity (Wildman–Crippen MR) is 110 cm³/mol. The van der Waals surface area contributed by atoms with Crippen LogP contribution in [0.5, 0.6) is 11.5 Å². The number of non-ortho nitro benzene ring substituents is 1. The number of anilines is 1. The molecule has 0 atom stereocenters. The zero-order chi connectivity index (χ0) is 21.3. The van der Waals surface area contributed by atoms with Crippen LogP contribution in [0.25, 0.3) is 0 Å². The van der Waals surface area contributed by atoms with E-state index in [2.05, 4.69) is 10.4 Å². The molecular weight excluding hydrogens is 372 g/mol. The van der Waals surface area contributed by atoms with E-state index < -0.39 is 4.92 Å². The van der Waals surface area contributed by atoms with Crippen LogP contribution in [-0.4, -0.2) is 20.6 Å². The van der Waals surface area contributed by atoms with Gasteiger partial charge in [0.2, 0.25) is 0 Å². The van der Waals surface area contributed by atoms with Gasteiger partial charge >= 0.3 is 0 Å². The molecule has 1 N–H and O–H groups in total. The number of hydrogen-bond donors (Lipinski definition) is 1. The van der Waals surface area contributed by atoms with Crippen LogP contribution in [-0.2, 0) is 7.05 Å². The van der Waals surface area contributed by atoms with Crippen molar-refractivity contribution in [1.82, 2.24) is 9.78 Å². The van der Waals surface area contributed by atoms with Crippen molar-refractivity contribution in [2.24, 2.45) is 7.05 Å². The first-order valence-electron chi connectivity index (χ1n) is 9.02. The van der Waals surface area contributed by atoms with Gasteiger partial charge in [-0.05, 0) is 44.9 Å². The van der Waals surface area contributed by atoms with Crippen LogP contribution in [0.3, 0.4) is 0 Å². The molecule has 0 saturated heterocycles. The molecule has 0 spiro atoms. The molecule has 0 aliphatic carbocycles. The molecule has 29 heavy (non-hydrogen) atoms. The molecule has 2 aromatic carbocycles. The molecule has 1 aromatic heterocycles. The monoisotopic (exact) mass is 394 g/mol. The van der Waals surface area contributed by atoms with Crippen molar-refractivity contribution >= 4 is 17.3 Å². The lowest BCUT2D eigenvalue weighted by molar-refractivity contribution is -0.384. The highest BCUT2D eigenvalue weighted by Gasteiger charge is 2.19. The Morgan fingerprint density at radius 3 is 2.48 bits per heavy atom. The van der Waals surface area contributed by atoms with Gasteiger partial charge in [-0.3, -0.25) is 19.6 Å². The lowest BCUT2D eigenvalue weighted by Crippen LogP contribution is -2.14. The molecule has 0 aliphatic rings. The average Bonchev–Trinajstić information content (AvgIpc) is 2.90. The van der Waals surface area contributed by atoms with E-state index in [1.807, 2.05) is 32.0 Å². The van der Waals surface area contributed by atoms with Gasteiger partial charge in [-0.2, -0.15) is 5.10 Å². The summed E-state index contributed by atoms with van der Waals surface area (Å²) in [5.74, 6) is 0.482. The van der Waals surface area contributed by atoms with E-state index in [9.17, 15) is 14.9 Å². The summed E-state index contributed by atoms with van der Waals surface area (Å²) in [4.78, 5) is 23.6. The van der Waals surface area contributed by atoms with E-state index in [1.54, 1.807) is 31.6 Å². The molecular formula is C21H22N4O4. The average molecular weight is 394 g/mol. The van der Waals surface area contributed by atoms with Crippen LogP contribution in [0, 0.1) is 37.8 Å². The lowest BCUT2D eigenvalue weighted by Gasteiger charge is -2.12. The second-order valence-electron chi connectivity index (χ2n) is 6.97. The van der Waals surface area contributed by atoms with Gasteiger partial charge in [0, 0.05) is 24.9 Å². The minimum absolute atomic E-state index is 0.178. The fraction of sp³-hybridized carbons (Fsp3) is 0.238. The molecule has 8 heteroatoms. The highest BCUT2D eigenvalue weighted by atomic mass is 16.6. The quantitative estimate of drug-likeness (QED) is 0.503. The largest absolute Gasteiger partial charge is 0.457 e. The third kappa shape index (κ3) is 4.26. The first-order valence-corrected chi connectivity index (χ1v) is 9.02. The maximum atomic E-state index is 12.7. The third-order valence-corrected chi connectivity index (χ3v) is 4.67. The summed E-state index contributed by atoms with van der Waals surface area (Å²) in [6.07, 6.45) is 0. The first-order chi connectivity index (χ1) is 13.7. The Balaban J connectivity index is 1.95. The topological polar surface area (TPSA) is 99.3 Å². The Kier molecular flexibility index (Phi) is 5.36. The number of nitrogens with one attached hydrogen (secondary N) is 1. The number of nitrogens with zero attached hydrogens (tertiary/aromatic N) is 3. The summed E-state index contributed by atoms with van der Waals surface area (Å²) in [7, 11) is 1.75. The summed E-state index contributed by atoms with van der Waals surface area (Å²) in [5, 5.41) is 18.3. The van der Waals surface area contributed by atoms with Crippen molar-refractivity contribution in [3.05, 3.63) is 74.6 Å². The van der Waals surface area contributed by atoms with Crippen molar-refractivity contribution in [3.63, 3.8) is 0 Å². The number of aromatic nitrogens is 2. The molecule has 0 saturated carbocycles. The zero-order valence-corrected chi connectivity index (χ0v) is 16.9. The summed E-state index contributed by atoms with van der Waals surface area (Å²) < 4.78 is 7.51. The molecule has 0 bridgehead atoms. The summed E-state index contributed by atoms with van der Waals surface area (Å²) >= 11 is 0. The fourth-order valence-corrected chi connectivity index (χ4v) is 3.06. The molecule has 8 nitrogen and oxygen atoms in total. The number of rotatable bonds is 5. The molecule has 3 aromatic rings. The first kappa shape index (κ1) is 20.1. The normalized spacial score (nSPS) is 10.7. The number of nitro groups is 1. The number of aryl methyl sites for hydroxylation is 4. The molecule has 0 aliphatic heterocycles. The molecule has 0 unspecified atom stereocenters. The molecule has 150 valence electrons. The Labute approximate surface area is 168 Å². The Hall–Kier alpha value is -3.68. The standard InChI is InChI=1S/C21H22N4O4/c1-12-6-7-13(2)19(8-12)29-18-10-16(9-17(11-18)25(27)28)22-21(26)20-14(3)23-24(5)15(20)4/h6-11H,1-5H3,(H,22,26). The highest BCUT2D eigenvalue weighted by Crippen LogP contribution is 2.32. The van der Waals surface area contributed by atoms with E-state index in [4.69, 9.17) is 4.74 Å². The minimum atomic E-state index is -0.522. The van der Waals surface area contributed by atoms with E-state index in [1.165, 1.54) is 12.1 Å². The van der Waals surface area contributed by atoms with Gasteiger partial charge in [0.15, 0.2) is 0 Å². The second-order valence-corrected chi connectivity index (χ2v) is 6.97. The summed E-state index contributed by atoms with van der Waals surface area (Å²) in [6, 6.07) is 9.92. The maximum absolute atomic E-state index is 12.7. The SMILES string of the molecule is Cc1ccc(C)c(Oc2cc(NC(=O)c3c(C)nn(C)c3C)cc([N+](=O)[O-])c2)c1.